The molecular formula is C64H46N2OS. The van der Waals surface area contributed by atoms with E-state index in [0.717, 1.165) is 72.7 Å². The summed E-state index contributed by atoms with van der Waals surface area (Å²) < 4.78 is 9.32. The summed E-state index contributed by atoms with van der Waals surface area (Å²) in [6, 6.07) is 74.6. The summed E-state index contributed by atoms with van der Waals surface area (Å²) in [6.45, 7) is 4.70. The number of aliphatic imine (C=N–C) groups is 1. The van der Waals surface area contributed by atoms with E-state index in [4.69, 9.17) is 14.4 Å². The van der Waals surface area contributed by atoms with Gasteiger partial charge in [-0.15, -0.1) is 11.3 Å². The predicted molar refractivity (Wildman–Crippen MR) is 289 cm³/mol. The van der Waals surface area contributed by atoms with E-state index >= 15 is 0 Å². The molecule has 0 aliphatic carbocycles. The summed E-state index contributed by atoms with van der Waals surface area (Å²) in [5.41, 5.74) is 15.5. The lowest BCUT2D eigenvalue weighted by Crippen LogP contribution is -2.20. The SMILES string of the molecule is CC1C/C=C(\c2cccc(-c3cccc4c3sc3ccccc34)c2)C(C)C(c2ccc(-c3ccc4c(c3)nc(-c3cccc5ccccc35)c3oc5ccccc5c34)cc2)N=C1c1ccccc1. The number of thiophene rings is 1. The summed E-state index contributed by atoms with van der Waals surface area (Å²) in [4.78, 5) is 11.2. The molecule has 0 bridgehead atoms. The Morgan fingerprint density at radius 3 is 2.07 bits per heavy atom. The standard InChI is InChI=1S/C64H46N2OS/c1-39-29-35-48(46-19-12-20-47(37-46)50-24-14-26-53-51-22-9-11-28-58(51)68-64(50)53)40(2)61(66-60(39)43-16-4-3-5-17-43)44-32-30-41(31-33-44)45-34-36-54-56(38-45)65-62(52-25-13-18-42-15-6-7-21-49(42)52)63-59(54)55-23-8-10-27-57(55)67-63/h3-28,30-40,61H,29H2,1-2H3/b48-35-,66-60?. The Balaban J connectivity index is 0.904. The minimum Gasteiger partial charge on any atom is -0.454 e. The Kier molecular flexibility index (Phi) is 9.76. The molecule has 1 aliphatic heterocycles. The number of rotatable bonds is 6. The van der Waals surface area contributed by atoms with Crippen molar-refractivity contribution in [3.8, 4) is 33.5 Å². The van der Waals surface area contributed by atoms with E-state index in [0.29, 0.717) is 0 Å². The van der Waals surface area contributed by atoms with Crippen LogP contribution in [0.2, 0.25) is 0 Å². The maximum absolute atomic E-state index is 6.66. The van der Waals surface area contributed by atoms with Gasteiger partial charge in [0.2, 0.25) is 0 Å². The van der Waals surface area contributed by atoms with Gasteiger partial charge >= 0.3 is 0 Å². The van der Waals surface area contributed by atoms with E-state index in [9.17, 15) is 0 Å². The highest BCUT2D eigenvalue weighted by molar-refractivity contribution is 7.26. The van der Waals surface area contributed by atoms with E-state index in [1.54, 1.807) is 0 Å². The van der Waals surface area contributed by atoms with Gasteiger partial charge in [0, 0.05) is 59.4 Å². The second-order valence-corrected chi connectivity index (χ2v) is 19.5. The van der Waals surface area contributed by atoms with Crippen LogP contribution in [0.5, 0.6) is 0 Å². The molecule has 4 heteroatoms. The molecule has 1 aliphatic rings. The largest absolute Gasteiger partial charge is 0.454 e. The fraction of sp³-hybridized carbons (Fsp3) is 0.0938. The molecule has 3 aromatic heterocycles. The molecule has 12 aromatic rings. The Morgan fingerprint density at radius 2 is 1.19 bits per heavy atom. The summed E-state index contributed by atoms with van der Waals surface area (Å²) in [7, 11) is 0. The van der Waals surface area contributed by atoms with E-state index in [2.05, 4.69) is 220 Å². The molecule has 13 rings (SSSR count). The minimum atomic E-state index is -0.105. The highest BCUT2D eigenvalue weighted by Gasteiger charge is 2.29. The van der Waals surface area contributed by atoms with Crippen LogP contribution in [0.3, 0.4) is 0 Å². The number of aromatic nitrogens is 1. The second-order valence-electron chi connectivity index (χ2n) is 18.4. The topological polar surface area (TPSA) is 38.4 Å². The van der Waals surface area contributed by atoms with Crippen LogP contribution in [0, 0.1) is 11.8 Å². The first-order valence-electron chi connectivity index (χ1n) is 23.7. The van der Waals surface area contributed by atoms with Crippen LogP contribution in [-0.2, 0) is 0 Å². The maximum Gasteiger partial charge on any atom is 0.162 e. The van der Waals surface area contributed by atoms with Crippen molar-refractivity contribution >= 4 is 86.4 Å². The van der Waals surface area contributed by atoms with E-state index in [1.807, 2.05) is 17.4 Å². The molecule has 4 heterocycles. The number of hydrogen-bond acceptors (Lipinski definition) is 4. The molecule has 0 saturated carbocycles. The lowest BCUT2D eigenvalue weighted by Gasteiger charge is -2.30. The smallest absolute Gasteiger partial charge is 0.162 e. The third-order valence-electron chi connectivity index (χ3n) is 14.3. The summed E-state index contributed by atoms with van der Waals surface area (Å²) >= 11 is 1.89. The number of benzene rings is 9. The highest BCUT2D eigenvalue weighted by Crippen LogP contribution is 2.45. The van der Waals surface area contributed by atoms with Crippen molar-refractivity contribution in [3.63, 3.8) is 0 Å². The molecule has 0 N–H and O–H groups in total. The van der Waals surface area contributed by atoms with Crippen LogP contribution in [0.1, 0.15) is 43.0 Å². The van der Waals surface area contributed by atoms with Gasteiger partial charge in [0.1, 0.15) is 11.3 Å². The third-order valence-corrected chi connectivity index (χ3v) is 15.5. The van der Waals surface area contributed by atoms with Crippen LogP contribution < -0.4 is 0 Å². The Morgan fingerprint density at radius 1 is 0.515 bits per heavy atom. The van der Waals surface area contributed by atoms with Crippen LogP contribution in [0.25, 0.3) is 103 Å². The van der Waals surface area contributed by atoms with Crippen molar-refractivity contribution in [2.24, 2.45) is 16.8 Å². The van der Waals surface area contributed by atoms with Gasteiger partial charge in [0.15, 0.2) is 5.58 Å². The number of pyridine rings is 1. The lowest BCUT2D eigenvalue weighted by molar-refractivity contribution is 0.569. The van der Waals surface area contributed by atoms with Gasteiger partial charge in [-0.05, 0) is 86.0 Å². The molecule has 324 valence electrons. The fourth-order valence-corrected chi connectivity index (χ4v) is 12.1. The monoisotopic (exact) mass is 890 g/mol. The Hall–Kier alpha value is -7.92. The van der Waals surface area contributed by atoms with Gasteiger partial charge < -0.3 is 4.42 Å². The number of para-hydroxylation sites is 1. The molecular weight excluding hydrogens is 845 g/mol. The van der Waals surface area contributed by atoms with Crippen molar-refractivity contribution in [2.45, 2.75) is 26.3 Å². The van der Waals surface area contributed by atoms with Crippen molar-refractivity contribution in [3.05, 3.63) is 229 Å². The quantitative estimate of drug-likeness (QED) is 0.167. The molecule has 9 aromatic carbocycles. The summed E-state index contributed by atoms with van der Waals surface area (Å²) in [6.07, 6.45) is 3.41. The summed E-state index contributed by atoms with van der Waals surface area (Å²) in [5.74, 6) is 0.340. The van der Waals surface area contributed by atoms with Crippen LogP contribution in [-0.4, -0.2) is 10.7 Å². The van der Waals surface area contributed by atoms with Crippen molar-refractivity contribution in [1.29, 1.82) is 0 Å². The zero-order valence-electron chi connectivity index (χ0n) is 37.9. The van der Waals surface area contributed by atoms with Crippen LogP contribution >= 0.6 is 11.3 Å². The predicted octanol–water partition coefficient (Wildman–Crippen LogP) is 17.9. The van der Waals surface area contributed by atoms with Gasteiger partial charge in [0.05, 0.1) is 11.6 Å². The highest BCUT2D eigenvalue weighted by atomic mass is 32.1. The first-order chi connectivity index (χ1) is 33.5. The number of hydrogen-bond donors (Lipinski definition) is 0. The van der Waals surface area contributed by atoms with Gasteiger partial charge in [-0.2, -0.15) is 0 Å². The average Bonchev–Trinajstić information content (AvgIpc) is 3.98. The van der Waals surface area contributed by atoms with E-state index < -0.39 is 0 Å². The first-order valence-corrected chi connectivity index (χ1v) is 24.5. The summed E-state index contributed by atoms with van der Waals surface area (Å²) in [5, 5.41) is 8.25. The maximum atomic E-state index is 6.66. The van der Waals surface area contributed by atoms with E-state index in [-0.39, 0.29) is 17.9 Å². The zero-order valence-corrected chi connectivity index (χ0v) is 38.7. The van der Waals surface area contributed by atoms with Crippen molar-refractivity contribution in [2.75, 3.05) is 0 Å². The molecule has 0 radical (unpaired) electrons. The van der Waals surface area contributed by atoms with Gasteiger partial charge in [-0.25, -0.2) is 4.98 Å². The van der Waals surface area contributed by atoms with Gasteiger partial charge in [0.25, 0.3) is 0 Å². The molecule has 68 heavy (non-hydrogen) atoms. The molecule has 0 spiro atoms. The molecule has 0 amide bonds. The first kappa shape index (κ1) is 40.4. The van der Waals surface area contributed by atoms with Crippen molar-refractivity contribution < 1.29 is 4.42 Å². The Bertz CT molecular complexity index is 3980. The van der Waals surface area contributed by atoms with E-state index in [1.165, 1.54) is 58.9 Å². The molecule has 3 atom stereocenters. The molecule has 3 unspecified atom stereocenters. The van der Waals surface area contributed by atoms with Crippen LogP contribution in [0.4, 0.5) is 0 Å². The zero-order chi connectivity index (χ0) is 45.3. The van der Waals surface area contributed by atoms with Gasteiger partial charge in [-0.3, -0.25) is 4.99 Å². The number of fused-ring (bicyclic) bond motifs is 9. The number of furan rings is 1. The normalized spacial score (nSPS) is 17.4. The van der Waals surface area contributed by atoms with Crippen LogP contribution in [0.15, 0.2) is 222 Å². The molecule has 0 fully saturated rings. The van der Waals surface area contributed by atoms with Gasteiger partial charge in [-0.1, -0.05) is 202 Å². The molecule has 0 saturated heterocycles. The fourth-order valence-electron chi connectivity index (χ4n) is 10.9. The molecule has 3 nitrogen and oxygen atoms in total. The Labute approximate surface area is 399 Å². The average molecular weight is 891 g/mol. The lowest BCUT2D eigenvalue weighted by atomic mass is 9.80. The van der Waals surface area contributed by atoms with Crippen molar-refractivity contribution in [1.82, 2.24) is 4.98 Å². The second kappa shape index (κ2) is 16.4. The third kappa shape index (κ3) is 6.78. The number of allylic oxidation sites excluding steroid dienone is 1. The minimum absolute atomic E-state index is 0.104. The number of nitrogens with zero attached hydrogens (tertiary/aromatic N) is 2.